The predicted molar refractivity (Wildman–Crippen MR) is 136 cm³/mol. The molecule has 0 spiro atoms. The lowest BCUT2D eigenvalue weighted by Crippen LogP contribution is -2.29. The summed E-state index contributed by atoms with van der Waals surface area (Å²) in [5.74, 6) is 2.81. The summed E-state index contributed by atoms with van der Waals surface area (Å²) in [6.07, 6.45) is 1.80. The van der Waals surface area contributed by atoms with E-state index in [0.29, 0.717) is 17.9 Å². The molecule has 1 aromatic heterocycles. The van der Waals surface area contributed by atoms with E-state index in [-0.39, 0.29) is 11.9 Å². The highest BCUT2D eigenvalue weighted by Gasteiger charge is 2.20. The van der Waals surface area contributed by atoms with Crippen LogP contribution >= 0.6 is 0 Å². The molecule has 4 aromatic rings. The number of benzene rings is 3. The van der Waals surface area contributed by atoms with Gasteiger partial charge >= 0.3 is 0 Å². The summed E-state index contributed by atoms with van der Waals surface area (Å²) in [6, 6.07) is 22.6. The second-order valence-electron chi connectivity index (χ2n) is 8.24. The van der Waals surface area contributed by atoms with Crippen LogP contribution in [0.4, 0.5) is 0 Å². The smallest absolute Gasteiger partial charge is 0.255 e. The molecule has 0 fully saturated rings. The molecule has 0 saturated heterocycles. The summed E-state index contributed by atoms with van der Waals surface area (Å²) in [4.78, 5) is 17.8. The van der Waals surface area contributed by atoms with E-state index < -0.39 is 0 Å². The Labute approximate surface area is 205 Å². The summed E-state index contributed by atoms with van der Waals surface area (Å²) in [5, 5.41) is 3.08. The first-order valence-electron chi connectivity index (χ1n) is 11.8. The lowest BCUT2D eigenvalue weighted by atomic mass is 10.1. The third-order valence-electron chi connectivity index (χ3n) is 5.87. The first-order valence-corrected chi connectivity index (χ1v) is 11.8. The third-order valence-corrected chi connectivity index (χ3v) is 5.87. The lowest BCUT2D eigenvalue weighted by Gasteiger charge is -2.17. The largest absolute Gasteiger partial charge is 0.497 e. The number of hydrogen-bond acceptors (Lipinski definition) is 5. The van der Waals surface area contributed by atoms with Crippen molar-refractivity contribution in [1.29, 1.82) is 0 Å². The van der Waals surface area contributed by atoms with Crippen LogP contribution in [0.1, 0.15) is 42.0 Å². The maximum absolute atomic E-state index is 13.0. The number of aryl methyl sites for hydroxylation is 1. The van der Waals surface area contributed by atoms with E-state index in [4.69, 9.17) is 19.2 Å². The van der Waals surface area contributed by atoms with Gasteiger partial charge in [0.1, 0.15) is 23.1 Å². The number of nitrogens with one attached hydrogen (secondary N) is 1. The van der Waals surface area contributed by atoms with Gasteiger partial charge in [0.15, 0.2) is 0 Å². The highest BCUT2D eigenvalue weighted by molar-refractivity contribution is 5.97. The number of unbranched alkanes of at least 4 members (excludes halogenated alkanes) is 1. The zero-order valence-corrected chi connectivity index (χ0v) is 20.4. The number of rotatable bonds is 11. The Balaban J connectivity index is 1.42. The molecule has 182 valence electrons. The monoisotopic (exact) mass is 473 g/mol. The molecule has 1 amide bonds. The van der Waals surface area contributed by atoms with Crippen molar-refractivity contribution >= 4 is 16.9 Å². The topological polar surface area (TPSA) is 74.6 Å². The first-order chi connectivity index (χ1) is 17.1. The van der Waals surface area contributed by atoms with Crippen molar-refractivity contribution < 1.29 is 19.0 Å². The zero-order chi connectivity index (χ0) is 24.6. The van der Waals surface area contributed by atoms with Gasteiger partial charge in [0.25, 0.3) is 5.91 Å². The molecule has 1 unspecified atom stereocenters. The Morgan fingerprint density at radius 3 is 2.40 bits per heavy atom. The van der Waals surface area contributed by atoms with E-state index in [1.54, 1.807) is 26.4 Å². The van der Waals surface area contributed by atoms with Gasteiger partial charge in [0.2, 0.25) is 0 Å². The molecule has 0 saturated carbocycles. The number of aromatic nitrogens is 2. The number of para-hydroxylation sites is 3. The van der Waals surface area contributed by atoms with Crippen molar-refractivity contribution in [2.24, 2.45) is 0 Å². The van der Waals surface area contributed by atoms with Gasteiger partial charge in [0.05, 0.1) is 43.5 Å². The van der Waals surface area contributed by atoms with Crippen molar-refractivity contribution in [3.05, 3.63) is 84.2 Å². The SMILES string of the molecule is COc1ccc(OCCCCn2c(C(C)NC(=O)c3ccccc3OC)nc3ccccc32)cc1. The Morgan fingerprint density at radius 2 is 1.63 bits per heavy atom. The van der Waals surface area contributed by atoms with Crippen LogP contribution in [0.5, 0.6) is 17.2 Å². The van der Waals surface area contributed by atoms with Crippen LogP contribution in [0, 0.1) is 0 Å². The number of imidazole rings is 1. The van der Waals surface area contributed by atoms with Crippen LogP contribution < -0.4 is 19.5 Å². The molecular formula is C28H31N3O4. The summed E-state index contributed by atoms with van der Waals surface area (Å²) in [6.45, 7) is 3.35. The number of fused-ring (bicyclic) bond motifs is 1. The molecule has 0 radical (unpaired) electrons. The number of amides is 1. The van der Waals surface area contributed by atoms with Crippen LogP contribution in [0.3, 0.4) is 0 Å². The number of ether oxygens (including phenoxy) is 3. The molecule has 0 aliphatic carbocycles. The second kappa shape index (κ2) is 11.4. The van der Waals surface area contributed by atoms with Crippen molar-refractivity contribution in [1.82, 2.24) is 14.9 Å². The Hall–Kier alpha value is -4.00. The molecule has 7 heteroatoms. The van der Waals surface area contributed by atoms with Crippen LogP contribution in [-0.2, 0) is 6.54 Å². The Kier molecular flexibility index (Phi) is 7.88. The summed E-state index contributed by atoms with van der Waals surface area (Å²) in [7, 11) is 3.21. The van der Waals surface area contributed by atoms with E-state index >= 15 is 0 Å². The Morgan fingerprint density at radius 1 is 0.914 bits per heavy atom. The van der Waals surface area contributed by atoms with Gasteiger partial charge in [-0.15, -0.1) is 0 Å². The van der Waals surface area contributed by atoms with E-state index in [0.717, 1.165) is 47.7 Å². The molecule has 0 bridgehead atoms. The van der Waals surface area contributed by atoms with Crippen molar-refractivity contribution in [3.8, 4) is 17.2 Å². The minimum absolute atomic E-state index is 0.193. The van der Waals surface area contributed by atoms with E-state index in [2.05, 4.69) is 16.0 Å². The number of hydrogen-bond donors (Lipinski definition) is 1. The van der Waals surface area contributed by atoms with Crippen molar-refractivity contribution in [2.45, 2.75) is 32.4 Å². The van der Waals surface area contributed by atoms with Crippen LogP contribution in [0.25, 0.3) is 11.0 Å². The van der Waals surface area contributed by atoms with Crippen molar-refractivity contribution in [3.63, 3.8) is 0 Å². The minimum atomic E-state index is -0.282. The van der Waals surface area contributed by atoms with Gasteiger partial charge in [-0.3, -0.25) is 4.79 Å². The van der Waals surface area contributed by atoms with E-state index in [9.17, 15) is 4.79 Å². The zero-order valence-electron chi connectivity index (χ0n) is 20.4. The van der Waals surface area contributed by atoms with Crippen molar-refractivity contribution in [2.75, 3.05) is 20.8 Å². The molecule has 1 heterocycles. The molecule has 0 aliphatic rings. The molecule has 1 N–H and O–H groups in total. The predicted octanol–water partition coefficient (Wildman–Crippen LogP) is 5.40. The van der Waals surface area contributed by atoms with Gasteiger partial charge < -0.3 is 24.1 Å². The standard InChI is InChI=1S/C28H31N3O4/c1-20(29-28(32)23-10-4-7-13-26(23)34-3)27-30-24-11-5-6-12-25(24)31(27)18-8-9-19-35-22-16-14-21(33-2)15-17-22/h4-7,10-17,20H,8-9,18-19H2,1-3H3,(H,29,32). The quantitative estimate of drug-likeness (QED) is 0.295. The summed E-state index contributed by atoms with van der Waals surface area (Å²) in [5.41, 5.74) is 2.47. The average Bonchev–Trinajstić information content (AvgIpc) is 3.27. The average molecular weight is 474 g/mol. The molecular weight excluding hydrogens is 442 g/mol. The van der Waals surface area contributed by atoms with E-state index in [1.807, 2.05) is 61.5 Å². The van der Waals surface area contributed by atoms with Gasteiger partial charge in [-0.1, -0.05) is 24.3 Å². The van der Waals surface area contributed by atoms with Gasteiger partial charge in [-0.25, -0.2) is 4.98 Å². The fraction of sp³-hybridized carbons (Fsp3) is 0.286. The van der Waals surface area contributed by atoms with Gasteiger partial charge in [0, 0.05) is 6.54 Å². The van der Waals surface area contributed by atoms with Gasteiger partial charge in [-0.05, 0) is 68.3 Å². The number of carbonyl (C=O) groups excluding carboxylic acids is 1. The fourth-order valence-electron chi connectivity index (χ4n) is 4.06. The maximum Gasteiger partial charge on any atom is 0.255 e. The molecule has 4 rings (SSSR count). The van der Waals surface area contributed by atoms with Crippen LogP contribution in [0.2, 0.25) is 0 Å². The molecule has 35 heavy (non-hydrogen) atoms. The fourth-order valence-corrected chi connectivity index (χ4v) is 4.06. The molecule has 1 atom stereocenters. The minimum Gasteiger partial charge on any atom is -0.497 e. The lowest BCUT2D eigenvalue weighted by molar-refractivity contribution is 0.0934. The summed E-state index contributed by atoms with van der Waals surface area (Å²) < 4.78 is 18.6. The normalized spacial score (nSPS) is 11.7. The van der Waals surface area contributed by atoms with Crippen LogP contribution in [-0.4, -0.2) is 36.3 Å². The highest BCUT2D eigenvalue weighted by Crippen LogP contribution is 2.24. The second-order valence-corrected chi connectivity index (χ2v) is 8.24. The molecule has 3 aromatic carbocycles. The number of nitrogens with zero attached hydrogens (tertiary/aromatic N) is 2. The molecule has 0 aliphatic heterocycles. The molecule has 7 nitrogen and oxygen atoms in total. The maximum atomic E-state index is 13.0. The number of methoxy groups -OCH3 is 2. The number of carbonyl (C=O) groups is 1. The Bertz CT molecular complexity index is 1270. The first kappa shape index (κ1) is 24.1. The summed E-state index contributed by atoms with van der Waals surface area (Å²) >= 11 is 0. The third kappa shape index (κ3) is 5.74. The van der Waals surface area contributed by atoms with Gasteiger partial charge in [-0.2, -0.15) is 0 Å². The van der Waals surface area contributed by atoms with Crippen LogP contribution in [0.15, 0.2) is 72.8 Å². The van der Waals surface area contributed by atoms with E-state index in [1.165, 1.54) is 0 Å². The highest BCUT2D eigenvalue weighted by atomic mass is 16.5.